The van der Waals surface area contributed by atoms with E-state index in [4.69, 9.17) is 16.3 Å². The van der Waals surface area contributed by atoms with E-state index in [1.165, 1.54) is 6.07 Å². The normalized spacial score (nSPS) is 10.5. The molecule has 0 aliphatic heterocycles. The number of ether oxygens (including phenoxy) is 1. The van der Waals surface area contributed by atoms with Crippen LogP contribution in [-0.2, 0) is 5.88 Å². The number of hydrogen-bond donors (Lipinski definition) is 0. The highest BCUT2D eigenvalue weighted by Crippen LogP contribution is 2.33. The Morgan fingerprint density at radius 1 is 1.05 bits per heavy atom. The molecular weight excluding hydrogens is 290 g/mol. The van der Waals surface area contributed by atoms with Crippen molar-refractivity contribution in [1.82, 2.24) is 0 Å². The van der Waals surface area contributed by atoms with Crippen LogP contribution in [0.15, 0.2) is 30.3 Å². The van der Waals surface area contributed by atoms with E-state index in [-0.39, 0.29) is 5.69 Å². The topological polar surface area (TPSA) is 52.4 Å². The summed E-state index contributed by atoms with van der Waals surface area (Å²) in [5.41, 5.74) is 3.49. The summed E-state index contributed by atoms with van der Waals surface area (Å²) in [4.78, 5) is 10.6. The first-order chi connectivity index (χ1) is 9.92. The quantitative estimate of drug-likeness (QED) is 0.451. The number of benzene rings is 2. The van der Waals surface area contributed by atoms with E-state index < -0.39 is 4.92 Å². The molecule has 21 heavy (non-hydrogen) atoms. The highest BCUT2D eigenvalue weighted by atomic mass is 35.5. The summed E-state index contributed by atoms with van der Waals surface area (Å²) in [6.07, 6.45) is 0. The van der Waals surface area contributed by atoms with Crippen molar-refractivity contribution in [3.05, 3.63) is 62.7 Å². The summed E-state index contributed by atoms with van der Waals surface area (Å²) < 4.78 is 5.84. The third-order valence-electron chi connectivity index (χ3n) is 3.30. The molecule has 0 fully saturated rings. The van der Waals surface area contributed by atoms with Crippen LogP contribution in [0.4, 0.5) is 5.69 Å². The predicted molar refractivity (Wildman–Crippen MR) is 83.4 cm³/mol. The van der Waals surface area contributed by atoms with Gasteiger partial charge in [0.15, 0.2) is 0 Å². The van der Waals surface area contributed by atoms with Gasteiger partial charge in [0.1, 0.15) is 11.5 Å². The molecule has 2 aromatic carbocycles. The Morgan fingerprint density at radius 2 is 1.71 bits per heavy atom. The number of aryl methyl sites for hydroxylation is 3. The van der Waals surface area contributed by atoms with Crippen molar-refractivity contribution in [2.24, 2.45) is 0 Å². The maximum atomic E-state index is 11.0. The number of nitro benzene ring substituents is 1. The smallest absolute Gasteiger partial charge is 0.276 e. The van der Waals surface area contributed by atoms with Gasteiger partial charge in [0.05, 0.1) is 11.0 Å². The number of rotatable bonds is 4. The number of alkyl halides is 1. The molecule has 0 N–H and O–H groups in total. The Hall–Kier alpha value is -2.07. The molecule has 0 aliphatic rings. The highest BCUT2D eigenvalue weighted by Gasteiger charge is 2.15. The van der Waals surface area contributed by atoms with Crippen molar-refractivity contribution >= 4 is 17.3 Å². The van der Waals surface area contributed by atoms with Crippen LogP contribution in [0.25, 0.3) is 0 Å². The van der Waals surface area contributed by atoms with E-state index in [9.17, 15) is 10.1 Å². The Morgan fingerprint density at radius 3 is 2.29 bits per heavy atom. The van der Waals surface area contributed by atoms with Crippen LogP contribution in [0.3, 0.4) is 0 Å². The lowest BCUT2D eigenvalue weighted by molar-refractivity contribution is -0.385. The Kier molecular flexibility index (Phi) is 4.48. The predicted octanol–water partition coefficient (Wildman–Crippen LogP) is 5.05. The molecule has 0 aliphatic carbocycles. The first-order valence-corrected chi connectivity index (χ1v) is 7.05. The van der Waals surface area contributed by atoms with Crippen LogP contribution in [0, 0.1) is 30.9 Å². The zero-order valence-electron chi connectivity index (χ0n) is 12.1. The van der Waals surface area contributed by atoms with E-state index in [0.717, 1.165) is 16.7 Å². The van der Waals surface area contributed by atoms with Gasteiger partial charge < -0.3 is 4.74 Å². The van der Waals surface area contributed by atoms with Gasteiger partial charge in [0.25, 0.3) is 5.69 Å². The minimum absolute atomic E-state index is 0.0608. The van der Waals surface area contributed by atoms with E-state index in [1.807, 2.05) is 32.0 Å². The van der Waals surface area contributed by atoms with Gasteiger partial charge >= 0.3 is 0 Å². The van der Waals surface area contributed by atoms with Gasteiger partial charge in [0.2, 0.25) is 0 Å². The number of hydrogen-bond acceptors (Lipinski definition) is 3. The van der Waals surface area contributed by atoms with Crippen LogP contribution in [0.1, 0.15) is 22.3 Å². The summed E-state index contributed by atoms with van der Waals surface area (Å²) in [7, 11) is 0. The van der Waals surface area contributed by atoms with Gasteiger partial charge in [-0.2, -0.15) is 0 Å². The van der Waals surface area contributed by atoms with Crippen molar-refractivity contribution < 1.29 is 9.66 Å². The molecule has 0 unspecified atom stereocenters. The summed E-state index contributed by atoms with van der Waals surface area (Å²) in [5, 5.41) is 11.0. The van der Waals surface area contributed by atoms with Crippen LogP contribution in [0.2, 0.25) is 0 Å². The third-order valence-corrected chi connectivity index (χ3v) is 3.61. The summed E-state index contributed by atoms with van der Waals surface area (Å²) >= 11 is 5.79. The fourth-order valence-electron chi connectivity index (χ4n) is 2.16. The van der Waals surface area contributed by atoms with Crippen molar-refractivity contribution in [2.45, 2.75) is 26.7 Å². The van der Waals surface area contributed by atoms with Crippen molar-refractivity contribution in [2.75, 3.05) is 0 Å². The molecule has 0 atom stereocenters. The lowest BCUT2D eigenvalue weighted by atomic mass is 10.1. The number of halogens is 1. The molecule has 0 saturated heterocycles. The SMILES string of the molecule is Cc1cc(CCl)ccc1Oc1cc([N+](=O)[O-])c(C)cc1C. The van der Waals surface area contributed by atoms with Gasteiger partial charge in [-0.05, 0) is 49.6 Å². The van der Waals surface area contributed by atoms with E-state index in [2.05, 4.69) is 0 Å². The molecule has 0 heterocycles. The summed E-state index contributed by atoms with van der Waals surface area (Å²) in [5.74, 6) is 1.61. The third kappa shape index (κ3) is 3.34. The first-order valence-electron chi connectivity index (χ1n) is 6.51. The van der Waals surface area contributed by atoms with E-state index >= 15 is 0 Å². The average Bonchev–Trinajstić information content (AvgIpc) is 2.43. The lowest BCUT2D eigenvalue weighted by Crippen LogP contribution is -1.96. The minimum atomic E-state index is -0.398. The summed E-state index contributed by atoms with van der Waals surface area (Å²) in [6.45, 7) is 5.51. The van der Waals surface area contributed by atoms with Gasteiger partial charge in [-0.1, -0.05) is 12.1 Å². The van der Waals surface area contributed by atoms with Crippen LogP contribution < -0.4 is 4.74 Å². The second kappa shape index (κ2) is 6.14. The second-order valence-corrected chi connectivity index (χ2v) is 5.26. The van der Waals surface area contributed by atoms with Crippen molar-refractivity contribution in [3.63, 3.8) is 0 Å². The fraction of sp³-hybridized carbons (Fsp3) is 0.250. The number of nitrogens with zero attached hydrogens (tertiary/aromatic N) is 1. The molecule has 0 aromatic heterocycles. The average molecular weight is 306 g/mol. The Balaban J connectivity index is 2.39. The second-order valence-electron chi connectivity index (χ2n) is 5.00. The fourth-order valence-corrected chi connectivity index (χ4v) is 2.32. The van der Waals surface area contributed by atoms with Crippen molar-refractivity contribution in [3.8, 4) is 11.5 Å². The van der Waals surface area contributed by atoms with E-state index in [0.29, 0.717) is 22.9 Å². The molecule has 0 amide bonds. The molecule has 110 valence electrons. The zero-order chi connectivity index (χ0) is 15.6. The van der Waals surface area contributed by atoms with Crippen LogP contribution in [-0.4, -0.2) is 4.92 Å². The largest absolute Gasteiger partial charge is 0.457 e. The maximum absolute atomic E-state index is 11.0. The molecular formula is C16H16ClNO3. The van der Waals surface area contributed by atoms with Gasteiger partial charge in [-0.3, -0.25) is 10.1 Å². The monoisotopic (exact) mass is 305 g/mol. The molecule has 0 saturated carbocycles. The maximum Gasteiger partial charge on any atom is 0.276 e. The first kappa shape index (κ1) is 15.3. The lowest BCUT2D eigenvalue weighted by Gasteiger charge is -2.12. The summed E-state index contributed by atoms with van der Waals surface area (Å²) in [6, 6.07) is 8.89. The van der Waals surface area contributed by atoms with Crippen molar-refractivity contribution in [1.29, 1.82) is 0 Å². The van der Waals surface area contributed by atoms with Gasteiger partial charge in [-0.25, -0.2) is 0 Å². The van der Waals surface area contributed by atoms with Gasteiger partial charge in [-0.15, -0.1) is 11.6 Å². The standard InChI is InChI=1S/C16H16ClNO3/c1-10-6-11(2)16(8-14(10)18(19)20)21-15-5-4-13(9-17)7-12(15)3/h4-8H,9H2,1-3H3. The van der Waals surface area contributed by atoms with Crippen LogP contribution in [0.5, 0.6) is 11.5 Å². The van der Waals surface area contributed by atoms with E-state index in [1.54, 1.807) is 13.0 Å². The Bertz CT molecular complexity index is 698. The highest BCUT2D eigenvalue weighted by molar-refractivity contribution is 6.17. The molecule has 5 heteroatoms. The molecule has 0 radical (unpaired) electrons. The zero-order valence-corrected chi connectivity index (χ0v) is 12.9. The molecule has 2 aromatic rings. The minimum Gasteiger partial charge on any atom is -0.457 e. The molecule has 4 nitrogen and oxygen atoms in total. The molecule has 0 bridgehead atoms. The number of nitro groups is 1. The molecule has 0 spiro atoms. The van der Waals surface area contributed by atoms with Gasteiger partial charge in [0, 0.05) is 11.4 Å². The molecule has 2 rings (SSSR count). The van der Waals surface area contributed by atoms with Crippen LogP contribution >= 0.6 is 11.6 Å². The Labute approximate surface area is 128 Å².